The van der Waals surface area contributed by atoms with Crippen LogP contribution in [0.25, 0.3) is 0 Å². The highest BCUT2D eigenvalue weighted by Gasteiger charge is 2.35. The molecule has 0 bridgehead atoms. The topological polar surface area (TPSA) is 71.0 Å². The second-order valence-corrected chi connectivity index (χ2v) is 7.27. The number of ether oxygens (including phenoxy) is 2. The van der Waals surface area contributed by atoms with Crippen LogP contribution in [-0.2, 0) is 4.74 Å². The molecule has 0 aromatic heterocycles. The van der Waals surface area contributed by atoms with Gasteiger partial charge in [0.15, 0.2) is 0 Å². The Balaban J connectivity index is 1.82. The first-order valence-electron chi connectivity index (χ1n) is 8.29. The maximum absolute atomic E-state index is 12.1. The van der Waals surface area contributed by atoms with Gasteiger partial charge < -0.3 is 24.8 Å². The Hall–Kier alpha value is -1.95. The van der Waals surface area contributed by atoms with Gasteiger partial charge in [-0.05, 0) is 57.9 Å². The van der Waals surface area contributed by atoms with E-state index >= 15 is 0 Å². The van der Waals surface area contributed by atoms with Crippen LogP contribution in [0, 0.1) is 0 Å². The van der Waals surface area contributed by atoms with Crippen LogP contribution in [0.4, 0.5) is 10.5 Å². The molecule has 6 nitrogen and oxygen atoms in total. The van der Waals surface area contributed by atoms with Crippen LogP contribution in [0.15, 0.2) is 24.3 Å². The summed E-state index contributed by atoms with van der Waals surface area (Å²) in [5.74, 6) is 0.796. The summed E-state index contributed by atoms with van der Waals surface area (Å²) in [5, 5.41) is 13.9. The van der Waals surface area contributed by atoms with Crippen LogP contribution < -0.4 is 10.1 Å². The molecule has 0 aliphatic carbocycles. The number of aliphatic hydroxyl groups is 1. The van der Waals surface area contributed by atoms with Crippen molar-refractivity contribution in [2.75, 3.05) is 32.1 Å². The molecule has 1 amide bonds. The Kier molecular flexibility index (Phi) is 5.59. The summed E-state index contributed by atoms with van der Waals surface area (Å²) in [4.78, 5) is 13.7. The van der Waals surface area contributed by atoms with Gasteiger partial charge in [0.25, 0.3) is 0 Å². The molecule has 1 aliphatic rings. The molecule has 2 N–H and O–H groups in total. The summed E-state index contributed by atoms with van der Waals surface area (Å²) < 4.78 is 10.5. The molecule has 1 fully saturated rings. The number of anilines is 1. The zero-order chi connectivity index (χ0) is 17.8. The van der Waals surface area contributed by atoms with E-state index in [1.807, 2.05) is 45.0 Å². The molecule has 0 saturated carbocycles. The van der Waals surface area contributed by atoms with Crippen LogP contribution in [0.2, 0.25) is 0 Å². The monoisotopic (exact) mass is 336 g/mol. The molecule has 2 rings (SSSR count). The van der Waals surface area contributed by atoms with E-state index in [1.165, 1.54) is 0 Å². The van der Waals surface area contributed by atoms with E-state index in [4.69, 9.17) is 9.47 Å². The van der Waals surface area contributed by atoms with Crippen LogP contribution in [0.5, 0.6) is 5.75 Å². The van der Waals surface area contributed by atoms with Crippen molar-refractivity contribution >= 4 is 11.8 Å². The molecule has 1 aliphatic heterocycles. The van der Waals surface area contributed by atoms with E-state index < -0.39 is 11.2 Å². The number of likely N-dealkylation sites (tertiary alicyclic amines) is 1. The van der Waals surface area contributed by atoms with Crippen molar-refractivity contribution in [3.05, 3.63) is 24.3 Å². The number of methoxy groups -OCH3 is 1. The minimum Gasteiger partial charge on any atom is -0.497 e. The minimum absolute atomic E-state index is 0.312. The molecule has 0 unspecified atom stereocenters. The third-order valence-corrected chi connectivity index (χ3v) is 4.06. The van der Waals surface area contributed by atoms with Crippen molar-refractivity contribution in [3.8, 4) is 5.75 Å². The Labute approximate surface area is 143 Å². The first-order chi connectivity index (χ1) is 11.2. The fourth-order valence-corrected chi connectivity index (χ4v) is 2.58. The largest absolute Gasteiger partial charge is 0.497 e. The van der Waals surface area contributed by atoms with Gasteiger partial charge in [0.1, 0.15) is 11.4 Å². The normalized spacial score (nSPS) is 17.3. The number of hydrogen-bond acceptors (Lipinski definition) is 5. The summed E-state index contributed by atoms with van der Waals surface area (Å²) >= 11 is 0. The second-order valence-electron chi connectivity index (χ2n) is 7.27. The van der Waals surface area contributed by atoms with Gasteiger partial charge >= 0.3 is 6.09 Å². The molecule has 1 aromatic rings. The molecule has 0 spiro atoms. The average Bonchev–Trinajstić information content (AvgIpc) is 2.52. The van der Waals surface area contributed by atoms with Crippen LogP contribution in [-0.4, -0.2) is 54.0 Å². The predicted octanol–water partition coefficient (Wildman–Crippen LogP) is 2.87. The molecule has 1 aromatic carbocycles. The number of carbonyl (C=O) groups excluding carboxylic acids is 1. The first kappa shape index (κ1) is 18.4. The van der Waals surface area contributed by atoms with Crippen molar-refractivity contribution in [1.29, 1.82) is 0 Å². The van der Waals surface area contributed by atoms with E-state index in [9.17, 15) is 9.90 Å². The molecule has 134 valence electrons. The lowest BCUT2D eigenvalue weighted by Crippen LogP contribution is -2.50. The SMILES string of the molecule is COc1ccc(NCC2(O)CCN(C(=O)OC(C)(C)C)CC2)cc1. The number of nitrogens with zero attached hydrogens (tertiary/aromatic N) is 1. The molecular formula is C18H28N2O4. The third-order valence-electron chi connectivity index (χ3n) is 4.06. The fraction of sp³-hybridized carbons (Fsp3) is 0.611. The average molecular weight is 336 g/mol. The summed E-state index contributed by atoms with van der Waals surface area (Å²) in [6.07, 6.45) is 0.734. The summed E-state index contributed by atoms with van der Waals surface area (Å²) in [7, 11) is 1.63. The lowest BCUT2D eigenvalue weighted by molar-refractivity contribution is -0.0244. The fourth-order valence-electron chi connectivity index (χ4n) is 2.58. The third kappa shape index (κ3) is 5.30. The van der Waals surface area contributed by atoms with E-state index in [0.717, 1.165) is 11.4 Å². The molecule has 1 heterocycles. The smallest absolute Gasteiger partial charge is 0.410 e. The molecule has 0 atom stereocenters. The summed E-state index contributed by atoms with van der Waals surface area (Å²) in [6.45, 7) is 6.99. The van der Waals surface area contributed by atoms with E-state index in [1.54, 1.807) is 12.0 Å². The van der Waals surface area contributed by atoms with E-state index in [0.29, 0.717) is 32.5 Å². The molecule has 24 heavy (non-hydrogen) atoms. The molecule has 6 heteroatoms. The number of carbonyl (C=O) groups is 1. The van der Waals surface area contributed by atoms with Crippen molar-refractivity contribution in [1.82, 2.24) is 4.90 Å². The van der Waals surface area contributed by atoms with E-state index in [2.05, 4.69) is 5.32 Å². The number of nitrogens with one attached hydrogen (secondary N) is 1. The Bertz CT molecular complexity index is 543. The van der Waals surface area contributed by atoms with Crippen molar-refractivity contribution in [2.45, 2.75) is 44.8 Å². The number of rotatable bonds is 4. The zero-order valence-corrected chi connectivity index (χ0v) is 15.0. The number of benzene rings is 1. The number of hydrogen-bond donors (Lipinski definition) is 2. The zero-order valence-electron chi connectivity index (χ0n) is 15.0. The highest BCUT2D eigenvalue weighted by molar-refractivity contribution is 5.68. The molecule has 1 saturated heterocycles. The molecule has 0 radical (unpaired) electrons. The quantitative estimate of drug-likeness (QED) is 0.885. The Morgan fingerprint density at radius 2 is 1.83 bits per heavy atom. The Morgan fingerprint density at radius 1 is 1.25 bits per heavy atom. The van der Waals surface area contributed by atoms with E-state index in [-0.39, 0.29) is 6.09 Å². The van der Waals surface area contributed by atoms with Gasteiger partial charge in [-0.3, -0.25) is 0 Å². The Morgan fingerprint density at radius 3 is 2.33 bits per heavy atom. The van der Waals surface area contributed by atoms with Gasteiger partial charge in [-0.25, -0.2) is 4.79 Å². The van der Waals surface area contributed by atoms with Crippen molar-refractivity contribution in [3.63, 3.8) is 0 Å². The van der Waals surface area contributed by atoms with Crippen LogP contribution in [0.1, 0.15) is 33.6 Å². The van der Waals surface area contributed by atoms with Crippen molar-refractivity contribution in [2.24, 2.45) is 0 Å². The van der Waals surface area contributed by atoms with Crippen LogP contribution >= 0.6 is 0 Å². The van der Waals surface area contributed by atoms with Crippen molar-refractivity contribution < 1.29 is 19.4 Å². The van der Waals surface area contributed by atoms with Gasteiger partial charge in [-0.1, -0.05) is 0 Å². The number of amides is 1. The lowest BCUT2D eigenvalue weighted by atomic mass is 9.91. The van der Waals surface area contributed by atoms with Gasteiger partial charge in [0.2, 0.25) is 0 Å². The van der Waals surface area contributed by atoms with Gasteiger partial charge in [-0.2, -0.15) is 0 Å². The summed E-state index contributed by atoms with van der Waals surface area (Å²) in [6, 6.07) is 7.57. The number of piperidine rings is 1. The summed E-state index contributed by atoms with van der Waals surface area (Å²) in [5.41, 5.74) is -0.391. The van der Waals surface area contributed by atoms with Gasteiger partial charge in [-0.15, -0.1) is 0 Å². The van der Waals surface area contributed by atoms with Gasteiger partial charge in [0.05, 0.1) is 12.7 Å². The first-order valence-corrected chi connectivity index (χ1v) is 8.29. The van der Waals surface area contributed by atoms with Crippen LogP contribution in [0.3, 0.4) is 0 Å². The van der Waals surface area contributed by atoms with Gasteiger partial charge in [0, 0.05) is 25.3 Å². The second kappa shape index (κ2) is 7.30. The highest BCUT2D eigenvalue weighted by Crippen LogP contribution is 2.25. The maximum atomic E-state index is 12.1. The minimum atomic E-state index is -0.821. The lowest BCUT2D eigenvalue weighted by Gasteiger charge is -2.38. The molecular weight excluding hydrogens is 308 g/mol. The standard InChI is InChI=1S/C18H28N2O4/c1-17(2,3)24-16(21)20-11-9-18(22,10-12-20)13-19-14-5-7-15(23-4)8-6-14/h5-8,19,22H,9-13H2,1-4H3. The predicted molar refractivity (Wildman–Crippen MR) is 93.5 cm³/mol. The maximum Gasteiger partial charge on any atom is 0.410 e. The highest BCUT2D eigenvalue weighted by atomic mass is 16.6.